The van der Waals surface area contributed by atoms with Crippen LogP contribution in [0.25, 0.3) is 0 Å². The van der Waals surface area contributed by atoms with Gasteiger partial charge in [0.2, 0.25) is 5.91 Å². The molecular weight excluding hydrogens is 290 g/mol. The first-order valence-corrected chi connectivity index (χ1v) is 6.96. The Bertz CT molecular complexity index is 625. The average molecular weight is 303 g/mol. The zero-order valence-corrected chi connectivity index (χ0v) is 11.5. The minimum absolute atomic E-state index is 0.00568. The van der Waals surface area contributed by atoms with Crippen LogP contribution in [0.4, 0.5) is 5.69 Å². The minimum atomic E-state index is -1.31. The maximum absolute atomic E-state index is 12.3. The molecule has 22 heavy (non-hydrogen) atoms. The van der Waals surface area contributed by atoms with Crippen LogP contribution in [0.5, 0.6) is 0 Å². The van der Waals surface area contributed by atoms with E-state index in [0.29, 0.717) is 18.5 Å². The van der Waals surface area contributed by atoms with Crippen LogP contribution in [0.1, 0.15) is 23.2 Å². The molecule has 7 heteroatoms. The van der Waals surface area contributed by atoms with Crippen molar-refractivity contribution in [1.82, 2.24) is 0 Å². The summed E-state index contributed by atoms with van der Waals surface area (Å²) in [7, 11) is 0. The highest BCUT2D eigenvalue weighted by atomic mass is 16.5. The standard InChI is InChI=1S/C15H15NO6/c17-13(16-8-3-1-7(2-4-8)14(18)19)11-9-5-6-10(22-9)12(11)15(20)21/h1-4,9-12H,5-6H2,(H,16,17)(H,18,19)(H,20,21)/p-2/t9-,10+,11+,12-/m0/s1. The van der Waals surface area contributed by atoms with Gasteiger partial charge in [-0.2, -0.15) is 0 Å². The maximum Gasteiger partial charge on any atom is 0.230 e. The molecule has 116 valence electrons. The number of carboxylic acid groups (broad SMARTS) is 2. The average Bonchev–Trinajstić information content (AvgIpc) is 3.08. The Morgan fingerprint density at radius 1 is 1.00 bits per heavy atom. The van der Waals surface area contributed by atoms with Gasteiger partial charge < -0.3 is 29.9 Å². The topological polar surface area (TPSA) is 119 Å². The van der Waals surface area contributed by atoms with Crippen LogP contribution in [-0.4, -0.2) is 30.1 Å². The zero-order chi connectivity index (χ0) is 15.9. The molecule has 2 saturated heterocycles. The summed E-state index contributed by atoms with van der Waals surface area (Å²) >= 11 is 0. The van der Waals surface area contributed by atoms with Gasteiger partial charge >= 0.3 is 0 Å². The predicted molar refractivity (Wildman–Crippen MR) is 69.3 cm³/mol. The van der Waals surface area contributed by atoms with Crippen LogP contribution in [0.3, 0.4) is 0 Å². The van der Waals surface area contributed by atoms with E-state index in [4.69, 9.17) is 4.74 Å². The van der Waals surface area contributed by atoms with Gasteiger partial charge in [0.1, 0.15) is 0 Å². The quantitative estimate of drug-likeness (QED) is 0.725. The van der Waals surface area contributed by atoms with Crippen LogP contribution in [-0.2, 0) is 14.3 Å². The van der Waals surface area contributed by atoms with E-state index >= 15 is 0 Å². The van der Waals surface area contributed by atoms with Crippen LogP contribution in [0.2, 0.25) is 0 Å². The predicted octanol–water partition coefficient (Wildman–Crippen LogP) is -1.47. The molecule has 0 radical (unpaired) electrons. The molecule has 0 aliphatic carbocycles. The highest BCUT2D eigenvalue weighted by Crippen LogP contribution is 2.43. The molecule has 0 saturated carbocycles. The van der Waals surface area contributed by atoms with Crippen molar-refractivity contribution < 1.29 is 29.3 Å². The number of carbonyl (C=O) groups is 3. The molecule has 7 nitrogen and oxygen atoms in total. The summed E-state index contributed by atoms with van der Waals surface area (Å²) in [5.74, 6) is -4.77. The van der Waals surface area contributed by atoms with Gasteiger partial charge in [0, 0.05) is 17.6 Å². The molecule has 2 aliphatic heterocycles. The van der Waals surface area contributed by atoms with Gasteiger partial charge in [-0.25, -0.2) is 0 Å². The number of anilines is 1. The minimum Gasteiger partial charge on any atom is -0.550 e. The lowest BCUT2D eigenvalue weighted by Gasteiger charge is -2.27. The SMILES string of the molecule is O=C([O-])c1ccc(NC(=O)[C@H]2[C@@H](C(=O)[O-])[C@H]3CC[C@@H]2O3)cc1. The molecule has 0 unspecified atom stereocenters. The lowest BCUT2D eigenvalue weighted by Crippen LogP contribution is -2.46. The smallest absolute Gasteiger partial charge is 0.230 e. The molecule has 4 atom stereocenters. The van der Waals surface area contributed by atoms with Crippen LogP contribution < -0.4 is 15.5 Å². The first-order valence-electron chi connectivity index (χ1n) is 6.96. The van der Waals surface area contributed by atoms with Crippen molar-refractivity contribution in [2.75, 3.05) is 5.32 Å². The Labute approximate surface area is 125 Å². The van der Waals surface area contributed by atoms with E-state index in [9.17, 15) is 24.6 Å². The number of amides is 1. The van der Waals surface area contributed by atoms with E-state index < -0.39 is 41.9 Å². The second-order valence-corrected chi connectivity index (χ2v) is 5.51. The number of ether oxygens (including phenoxy) is 1. The van der Waals surface area contributed by atoms with Crippen molar-refractivity contribution in [1.29, 1.82) is 0 Å². The Morgan fingerprint density at radius 3 is 2.14 bits per heavy atom. The van der Waals surface area contributed by atoms with Gasteiger partial charge in [0.25, 0.3) is 0 Å². The highest BCUT2D eigenvalue weighted by Gasteiger charge is 2.52. The van der Waals surface area contributed by atoms with Crippen molar-refractivity contribution in [3.63, 3.8) is 0 Å². The van der Waals surface area contributed by atoms with E-state index in [1.807, 2.05) is 0 Å². The highest BCUT2D eigenvalue weighted by molar-refractivity contribution is 5.96. The third kappa shape index (κ3) is 2.43. The van der Waals surface area contributed by atoms with Gasteiger partial charge in [-0.3, -0.25) is 4.79 Å². The second-order valence-electron chi connectivity index (χ2n) is 5.51. The number of benzene rings is 1. The first-order chi connectivity index (χ1) is 10.5. The van der Waals surface area contributed by atoms with Gasteiger partial charge in [0.05, 0.1) is 24.1 Å². The van der Waals surface area contributed by atoms with E-state index in [0.717, 1.165) is 0 Å². The fourth-order valence-electron chi connectivity index (χ4n) is 3.23. The van der Waals surface area contributed by atoms with Crippen molar-refractivity contribution in [2.45, 2.75) is 25.0 Å². The summed E-state index contributed by atoms with van der Waals surface area (Å²) in [6, 6.07) is 5.45. The molecule has 2 heterocycles. The monoisotopic (exact) mass is 303 g/mol. The molecule has 1 N–H and O–H groups in total. The van der Waals surface area contributed by atoms with Gasteiger partial charge in [-0.1, -0.05) is 12.1 Å². The summed E-state index contributed by atoms with van der Waals surface area (Å²) < 4.78 is 5.50. The van der Waals surface area contributed by atoms with Crippen LogP contribution in [0, 0.1) is 11.8 Å². The number of rotatable bonds is 4. The molecule has 2 aliphatic rings. The van der Waals surface area contributed by atoms with Gasteiger partial charge in [0.15, 0.2) is 0 Å². The first kappa shape index (κ1) is 14.5. The Morgan fingerprint density at radius 2 is 1.59 bits per heavy atom. The van der Waals surface area contributed by atoms with Crippen LogP contribution in [0.15, 0.2) is 24.3 Å². The van der Waals surface area contributed by atoms with Crippen molar-refractivity contribution in [3.8, 4) is 0 Å². The fourth-order valence-corrected chi connectivity index (χ4v) is 3.23. The number of aromatic carboxylic acids is 1. The van der Waals surface area contributed by atoms with Crippen molar-refractivity contribution >= 4 is 23.5 Å². The number of hydrogen-bond donors (Lipinski definition) is 1. The summed E-state index contributed by atoms with van der Waals surface area (Å²) in [5, 5.41) is 24.5. The summed E-state index contributed by atoms with van der Waals surface area (Å²) in [5.41, 5.74) is 0.378. The lowest BCUT2D eigenvalue weighted by molar-refractivity contribution is -0.313. The van der Waals surface area contributed by atoms with Crippen LogP contribution >= 0.6 is 0 Å². The normalized spacial score (nSPS) is 29.3. The molecule has 0 aromatic heterocycles. The number of hydrogen-bond acceptors (Lipinski definition) is 6. The number of carboxylic acids is 2. The number of nitrogens with one attached hydrogen (secondary N) is 1. The third-order valence-corrected chi connectivity index (χ3v) is 4.24. The number of aliphatic carboxylic acids is 1. The van der Waals surface area contributed by atoms with E-state index in [1.165, 1.54) is 24.3 Å². The lowest BCUT2D eigenvalue weighted by atomic mass is 9.78. The van der Waals surface area contributed by atoms with E-state index in [-0.39, 0.29) is 5.56 Å². The number of carbonyl (C=O) groups excluding carboxylic acids is 3. The largest absolute Gasteiger partial charge is 0.550 e. The molecule has 1 aromatic rings. The van der Waals surface area contributed by atoms with Gasteiger partial charge in [-0.15, -0.1) is 0 Å². The van der Waals surface area contributed by atoms with Crippen molar-refractivity contribution in [2.24, 2.45) is 11.8 Å². The summed E-state index contributed by atoms with van der Waals surface area (Å²) in [4.78, 5) is 34.2. The summed E-state index contributed by atoms with van der Waals surface area (Å²) in [6.07, 6.45) is 0.394. The molecular formula is C15H13NO6-2. The Kier molecular flexibility index (Phi) is 3.58. The van der Waals surface area contributed by atoms with Gasteiger partial charge in [-0.05, 0) is 30.5 Å². The Balaban J connectivity index is 1.73. The van der Waals surface area contributed by atoms with E-state index in [2.05, 4.69) is 5.32 Å². The zero-order valence-electron chi connectivity index (χ0n) is 11.5. The maximum atomic E-state index is 12.3. The molecule has 1 amide bonds. The second kappa shape index (κ2) is 5.42. The number of fused-ring (bicyclic) bond motifs is 2. The molecule has 0 spiro atoms. The summed E-state index contributed by atoms with van der Waals surface area (Å²) in [6.45, 7) is 0. The third-order valence-electron chi connectivity index (χ3n) is 4.24. The molecule has 2 bridgehead atoms. The molecule has 1 aromatic carbocycles. The van der Waals surface area contributed by atoms with E-state index in [1.54, 1.807) is 0 Å². The fraction of sp³-hybridized carbons (Fsp3) is 0.400. The van der Waals surface area contributed by atoms with Crippen molar-refractivity contribution in [3.05, 3.63) is 29.8 Å². The Hall–Kier alpha value is -2.41. The molecule has 3 rings (SSSR count). The molecule has 2 fully saturated rings.